The Morgan fingerprint density at radius 2 is 1.76 bits per heavy atom. The summed E-state index contributed by atoms with van der Waals surface area (Å²) in [6.07, 6.45) is 6.12. The summed E-state index contributed by atoms with van der Waals surface area (Å²) in [6, 6.07) is 8.40. The molecular weight excluding hydrogens is 479 g/mol. The zero-order chi connectivity index (χ0) is 24.7. The summed E-state index contributed by atoms with van der Waals surface area (Å²) in [6.45, 7) is 5.34. The fourth-order valence-electron chi connectivity index (χ4n) is 4.14. The van der Waals surface area contributed by atoms with Gasteiger partial charge in [-0.1, -0.05) is 49.4 Å². The Balaban J connectivity index is 1.75. The first kappa shape index (κ1) is 26.1. The zero-order valence-electron chi connectivity index (χ0n) is 19.4. The van der Waals surface area contributed by atoms with Crippen molar-refractivity contribution in [2.75, 3.05) is 18.5 Å². The lowest BCUT2D eigenvalue weighted by molar-refractivity contribution is -0.152. The molecule has 34 heavy (non-hydrogen) atoms. The third-order valence-corrected chi connectivity index (χ3v) is 6.42. The Morgan fingerprint density at radius 1 is 1.09 bits per heavy atom. The summed E-state index contributed by atoms with van der Waals surface area (Å²) in [4.78, 5) is 25.8. The molecule has 1 fully saturated rings. The van der Waals surface area contributed by atoms with E-state index >= 15 is 0 Å². The maximum atomic E-state index is 11.9. The number of anilines is 1. The van der Waals surface area contributed by atoms with Gasteiger partial charge in [0.1, 0.15) is 11.5 Å². The first-order valence-corrected chi connectivity index (χ1v) is 12.3. The molecule has 1 aliphatic rings. The van der Waals surface area contributed by atoms with E-state index in [0.29, 0.717) is 18.3 Å². The number of halogens is 2. The average Bonchev–Trinajstić information content (AvgIpc) is 2.82. The molecule has 0 radical (unpaired) electrons. The van der Waals surface area contributed by atoms with Crippen LogP contribution in [-0.4, -0.2) is 41.1 Å². The van der Waals surface area contributed by atoms with Crippen LogP contribution >= 0.6 is 23.2 Å². The number of hydrogen-bond donors (Lipinski definition) is 2. The van der Waals surface area contributed by atoms with Crippen molar-refractivity contribution in [1.82, 2.24) is 4.90 Å². The van der Waals surface area contributed by atoms with Gasteiger partial charge in [0.05, 0.1) is 16.7 Å². The predicted octanol–water partition coefficient (Wildman–Crippen LogP) is 6.15. The number of nitrogens with one attached hydrogen (secondary N) is 1. The van der Waals surface area contributed by atoms with E-state index in [2.05, 4.69) is 21.9 Å². The number of hydrogen-bond acceptors (Lipinski definition) is 6. The van der Waals surface area contributed by atoms with Crippen LogP contribution in [0.2, 0.25) is 10.0 Å². The van der Waals surface area contributed by atoms with Crippen molar-refractivity contribution in [3.05, 3.63) is 45.9 Å². The van der Waals surface area contributed by atoms with E-state index in [-0.39, 0.29) is 33.8 Å². The molecule has 2 aromatic rings. The summed E-state index contributed by atoms with van der Waals surface area (Å²) in [7, 11) is 0. The minimum absolute atomic E-state index is 0.0891. The van der Waals surface area contributed by atoms with E-state index in [1.54, 1.807) is 25.1 Å². The first-order valence-electron chi connectivity index (χ1n) is 11.5. The van der Waals surface area contributed by atoms with Crippen LogP contribution in [0.3, 0.4) is 0 Å². The molecule has 184 valence electrons. The third kappa shape index (κ3) is 6.78. The van der Waals surface area contributed by atoms with Gasteiger partial charge < -0.3 is 19.9 Å². The van der Waals surface area contributed by atoms with Gasteiger partial charge in [0.2, 0.25) is 0 Å². The molecule has 3 rings (SSSR count). The van der Waals surface area contributed by atoms with E-state index in [9.17, 15) is 14.7 Å². The smallest absolute Gasteiger partial charge is 0.397 e. The van der Waals surface area contributed by atoms with Gasteiger partial charge in [-0.2, -0.15) is 0 Å². The molecule has 0 aromatic heterocycles. The number of phenols is 1. The number of ether oxygens (including phenoxy) is 2. The molecule has 0 heterocycles. The third-order valence-electron chi connectivity index (χ3n) is 5.86. The number of rotatable bonds is 8. The standard InChI is InChI=1S/C25H30Cl2N2O5/c1-3-29(18-8-6-5-7-9-18)15-16-12-19(10-11-22(16)30)34-23-20(26)13-17(14-21(23)27)28-24(31)25(32)33-4-2/h10-14,18,30H,3-9,15H2,1-2H3,(H,28,31). The molecule has 0 bridgehead atoms. The number of benzene rings is 2. The Labute approximate surface area is 209 Å². The number of aromatic hydroxyl groups is 1. The fraction of sp³-hybridized carbons (Fsp3) is 0.440. The quantitative estimate of drug-likeness (QED) is 0.328. The molecule has 7 nitrogen and oxygen atoms in total. The summed E-state index contributed by atoms with van der Waals surface area (Å²) in [5.41, 5.74) is 0.994. The van der Waals surface area contributed by atoms with Crippen LogP contribution in [0, 0.1) is 0 Å². The van der Waals surface area contributed by atoms with Gasteiger partial charge in [0, 0.05) is 23.8 Å². The summed E-state index contributed by atoms with van der Waals surface area (Å²) < 4.78 is 10.6. The van der Waals surface area contributed by atoms with Crippen molar-refractivity contribution in [2.45, 2.75) is 58.5 Å². The molecule has 1 aliphatic carbocycles. The van der Waals surface area contributed by atoms with Crippen molar-refractivity contribution >= 4 is 40.8 Å². The number of amides is 1. The molecule has 2 N–H and O–H groups in total. The van der Waals surface area contributed by atoms with Crippen LogP contribution < -0.4 is 10.1 Å². The second-order valence-electron chi connectivity index (χ2n) is 8.19. The lowest BCUT2D eigenvalue weighted by Gasteiger charge is -2.33. The van der Waals surface area contributed by atoms with Crippen molar-refractivity contribution < 1.29 is 24.2 Å². The summed E-state index contributed by atoms with van der Waals surface area (Å²) >= 11 is 12.7. The van der Waals surface area contributed by atoms with Gasteiger partial charge in [0.15, 0.2) is 5.75 Å². The first-order chi connectivity index (χ1) is 16.3. The molecule has 0 unspecified atom stereocenters. The van der Waals surface area contributed by atoms with Crippen LogP contribution in [0.5, 0.6) is 17.2 Å². The van der Waals surface area contributed by atoms with Crippen LogP contribution in [-0.2, 0) is 20.9 Å². The molecule has 0 atom stereocenters. The molecule has 2 aromatic carbocycles. The van der Waals surface area contributed by atoms with Gasteiger partial charge in [-0.15, -0.1) is 0 Å². The minimum atomic E-state index is -0.999. The largest absolute Gasteiger partial charge is 0.508 e. The zero-order valence-corrected chi connectivity index (χ0v) is 20.9. The summed E-state index contributed by atoms with van der Waals surface area (Å²) in [5, 5.41) is 13.1. The van der Waals surface area contributed by atoms with E-state index in [0.717, 1.165) is 12.1 Å². The van der Waals surface area contributed by atoms with Gasteiger partial charge in [0.25, 0.3) is 0 Å². The van der Waals surface area contributed by atoms with Crippen LogP contribution in [0.25, 0.3) is 0 Å². The van der Waals surface area contributed by atoms with E-state index in [1.807, 2.05) is 0 Å². The Kier molecular flexibility index (Phi) is 9.45. The van der Waals surface area contributed by atoms with Crippen molar-refractivity contribution in [2.24, 2.45) is 0 Å². The predicted molar refractivity (Wildman–Crippen MR) is 133 cm³/mol. The second-order valence-corrected chi connectivity index (χ2v) is 9.01. The topological polar surface area (TPSA) is 88.1 Å². The molecule has 0 saturated heterocycles. The van der Waals surface area contributed by atoms with Crippen LogP contribution in [0.1, 0.15) is 51.5 Å². The minimum Gasteiger partial charge on any atom is -0.508 e. The summed E-state index contributed by atoms with van der Waals surface area (Å²) in [5.74, 6) is -1.05. The Hall–Kier alpha value is -2.48. The molecule has 1 saturated carbocycles. The van der Waals surface area contributed by atoms with Crippen molar-refractivity contribution in [1.29, 1.82) is 0 Å². The monoisotopic (exact) mass is 508 g/mol. The Morgan fingerprint density at radius 3 is 2.38 bits per heavy atom. The maximum absolute atomic E-state index is 11.9. The van der Waals surface area contributed by atoms with Crippen molar-refractivity contribution in [3.8, 4) is 17.2 Å². The number of phenolic OH excluding ortho intramolecular Hbond substituents is 1. The highest BCUT2D eigenvalue weighted by Crippen LogP contribution is 2.40. The fourth-order valence-corrected chi connectivity index (χ4v) is 4.71. The van der Waals surface area contributed by atoms with Crippen molar-refractivity contribution in [3.63, 3.8) is 0 Å². The highest BCUT2D eigenvalue weighted by Gasteiger charge is 2.22. The van der Waals surface area contributed by atoms with Crippen LogP contribution in [0.15, 0.2) is 30.3 Å². The van der Waals surface area contributed by atoms with E-state index in [4.69, 9.17) is 27.9 Å². The molecule has 1 amide bonds. The van der Waals surface area contributed by atoms with Gasteiger partial charge >= 0.3 is 11.9 Å². The molecular formula is C25H30Cl2N2O5. The highest BCUT2D eigenvalue weighted by molar-refractivity contribution is 6.39. The lowest BCUT2D eigenvalue weighted by atomic mass is 9.94. The van der Waals surface area contributed by atoms with Crippen LogP contribution in [0.4, 0.5) is 5.69 Å². The SMILES string of the molecule is CCOC(=O)C(=O)Nc1cc(Cl)c(Oc2ccc(O)c(CN(CC)C3CCCCC3)c2)c(Cl)c1. The molecule has 9 heteroatoms. The second kappa shape index (κ2) is 12.3. The number of nitrogens with zero attached hydrogens (tertiary/aromatic N) is 1. The number of carbonyl (C=O) groups is 2. The molecule has 0 spiro atoms. The lowest BCUT2D eigenvalue weighted by Crippen LogP contribution is -2.36. The van der Waals surface area contributed by atoms with E-state index < -0.39 is 11.9 Å². The Bertz CT molecular complexity index is 1000. The van der Waals surface area contributed by atoms with Gasteiger partial charge in [-0.25, -0.2) is 4.79 Å². The normalized spacial score (nSPS) is 14.1. The number of esters is 1. The molecule has 0 aliphatic heterocycles. The van der Waals surface area contributed by atoms with E-state index in [1.165, 1.54) is 44.2 Å². The van der Waals surface area contributed by atoms with Gasteiger partial charge in [-0.3, -0.25) is 9.69 Å². The number of carbonyl (C=O) groups excluding carboxylic acids is 2. The maximum Gasteiger partial charge on any atom is 0.397 e. The average molecular weight is 509 g/mol. The van der Waals surface area contributed by atoms with Gasteiger partial charge in [-0.05, 0) is 56.6 Å². The highest BCUT2D eigenvalue weighted by atomic mass is 35.5.